The van der Waals surface area contributed by atoms with E-state index in [9.17, 15) is 4.79 Å². The van der Waals surface area contributed by atoms with Crippen LogP contribution in [-0.4, -0.2) is 11.9 Å². The standard InChI is InChI=1S/C13H19ClN2OS.ClH/c14-12-6-5-10(18-12)8-16-13(17)7-9-3-1-2-4-11(9)15;/h5-6,9,11H,1-4,7-8,15H2,(H,16,17);1H. The first kappa shape index (κ1) is 16.8. The number of carbonyl (C=O) groups excluding carboxylic acids is 1. The van der Waals surface area contributed by atoms with E-state index in [1.165, 1.54) is 24.2 Å². The molecule has 0 saturated heterocycles. The van der Waals surface area contributed by atoms with Crippen molar-refractivity contribution in [3.05, 3.63) is 21.3 Å². The van der Waals surface area contributed by atoms with Gasteiger partial charge in [0.1, 0.15) is 0 Å². The largest absolute Gasteiger partial charge is 0.351 e. The second-order valence-electron chi connectivity index (χ2n) is 4.90. The van der Waals surface area contributed by atoms with Crippen molar-refractivity contribution in [1.29, 1.82) is 0 Å². The normalized spacial score (nSPS) is 22.6. The average molecular weight is 323 g/mol. The van der Waals surface area contributed by atoms with Gasteiger partial charge in [-0.1, -0.05) is 24.4 Å². The third-order valence-electron chi connectivity index (χ3n) is 3.50. The summed E-state index contributed by atoms with van der Waals surface area (Å²) in [5.74, 6) is 0.451. The van der Waals surface area contributed by atoms with Crippen molar-refractivity contribution < 1.29 is 4.79 Å². The number of rotatable bonds is 4. The second-order valence-corrected chi connectivity index (χ2v) is 6.69. The highest BCUT2D eigenvalue weighted by atomic mass is 35.5. The highest BCUT2D eigenvalue weighted by Gasteiger charge is 2.23. The van der Waals surface area contributed by atoms with Gasteiger partial charge in [-0.3, -0.25) is 4.79 Å². The Morgan fingerprint density at radius 1 is 1.42 bits per heavy atom. The van der Waals surface area contributed by atoms with Crippen LogP contribution >= 0.6 is 35.3 Å². The fourth-order valence-corrected chi connectivity index (χ4v) is 3.46. The van der Waals surface area contributed by atoms with Gasteiger partial charge in [-0.05, 0) is 30.9 Å². The molecule has 0 radical (unpaired) electrons. The Morgan fingerprint density at radius 2 is 2.16 bits per heavy atom. The zero-order valence-corrected chi connectivity index (χ0v) is 13.1. The summed E-state index contributed by atoms with van der Waals surface area (Å²) >= 11 is 7.34. The molecule has 0 aliphatic heterocycles. The molecule has 1 aliphatic rings. The average Bonchev–Trinajstić information content (AvgIpc) is 2.76. The van der Waals surface area contributed by atoms with Crippen LogP contribution in [0.5, 0.6) is 0 Å². The molecule has 1 amide bonds. The van der Waals surface area contributed by atoms with Crippen molar-refractivity contribution in [3.63, 3.8) is 0 Å². The van der Waals surface area contributed by atoms with Crippen LogP contribution in [-0.2, 0) is 11.3 Å². The molecule has 1 aromatic heterocycles. The fraction of sp³-hybridized carbons (Fsp3) is 0.615. The molecule has 6 heteroatoms. The molecular weight excluding hydrogens is 303 g/mol. The van der Waals surface area contributed by atoms with Crippen molar-refractivity contribution in [2.75, 3.05) is 0 Å². The number of amides is 1. The number of hydrogen-bond acceptors (Lipinski definition) is 3. The molecule has 1 aromatic rings. The van der Waals surface area contributed by atoms with Gasteiger partial charge < -0.3 is 11.1 Å². The Balaban J connectivity index is 0.00000180. The SMILES string of the molecule is Cl.NC1CCCCC1CC(=O)NCc1ccc(Cl)s1. The van der Waals surface area contributed by atoms with E-state index in [0.29, 0.717) is 18.9 Å². The molecule has 0 bridgehead atoms. The van der Waals surface area contributed by atoms with Crippen LogP contribution in [0.15, 0.2) is 12.1 Å². The summed E-state index contributed by atoms with van der Waals surface area (Å²) in [6, 6.07) is 3.99. The summed E-state index contributed by atoms with van der Waals surface area (Å²) in [6.07, 6.45) is 5.09. The van der Waals surface area contributed by atoms with E-state index in [2.05, 4.69) is 5.32 Å². The van der Waals surface area contributed by atoms with Gasteiger partial charge in [0.05, 0.1) is 10.9 Å². The van der Waals surface area contributed by atoms with Crippen molar-refractivity contribution in [2.24, 2.45) is 11.7 Å². The van der Waals surface area contributed by atoms with Gasteiger partial charge in [-0.25, -0.2) is 0 Å². The van der Waals surface area contributed by atoms with E-state index in [4.69, 9.17) is 17.3 Å². The van der Waals surface area contributed by atoms with Gasteiger partial charge in [-0.2, -0.15) is 0 Å². The zero-order chi connectivity index (χ0) is 13.0. The molecule has 1 aliphatic carbocycles. The number of nitrogens with two attached hydrogens (primary N) is 1. The monoisotopic (exact) mass is 322 g/mol. The molecule has 0 spiro atoms. The Labute approximate surface area is 129 Å². The zero-order valence-electron chi connectivity index (χ0n) is 10.7. The number of carbonyl (C=O) groups is 1. The topological polar surface area (TPSA) is 55.1 Å². The van der Waals surface area contributed by atoms with Gasteiger partial charge in [0.2, 0.25) is 5.91 Å². The molecule has 3 N–H and O–H groups in total. The molecule has 2 unspecified atom stereocenters. The summed E-state index contributed by atoms with van der Waals surface area (Å²) in [6.45, 7) is 0.568. The van der Waals surface area contributed by atoms with E-state index in [1.807, 2.05) is 12.1 Å². The summed E-state index contributed by atoms with van der Waals surface area (Å²) < 4.78 is 0.758. The molecule has 1 heterocycles. The lowest BCUT2D eigenvalue weighted by atomic mass is 9.83. The Kier molecular flexibility index (Phi) is 7.15. The lowest BCUT2D eigenvalue weighted by molar-refractivity contribution is -0.122. The van der Waals surface area contributed by atoms with Crippen molar-refractivity contribution in [3.8, 4) is 0 Å². The van der Waals surface area contributed by atoms with Crippen LogP contribution < -0.4 is 11.1 Å². The lowest BCUT2D eigenvalue weighted by Crippen LogP contribution is -2.36. The smallest absolute Gasteiger partial charge is 0.220 e. The van der Waals surface area contributed by atoms with E-state index < -0.39 is 0 Å². The number of thiophene rings is 1. The second kappa shape index (κ2) is 8.10. The number of hydrogen-bond donors (Lipinski definition) is 2. The molecule has 1 saturated carbocycles. The Morgan fingerprint density at radius 3 is 2.79 bits per heavy atom. The van der Waals surface area contributed by atoms with Crippen LogP contribution in [0, 0.1) is 5.92 Å². The van der Waals surface area contributed by atoms with E-state index in [0.717, 1.165) is 22.1 Å². The third-order valence-corrected chi connectivity index (χ3v) is 4.74. The van der Waals surface area contributed by atoms with Gasteiger partial charge in [-0.15, -0.1) is 23.7 Å². The predicted octanol–water partition coefficient (Wildman–Crippen LogP) is 3.35. The van der Waals surface area contributed by atoms with Crippen molar-refractivity contribution >= 4 is 41.3 Å². The van der Waals surface area contributed by atoms with Crippen LogP contribution in [0.1, 0.15) is 37.0 Å². The first-order valence-corrected chi connectivity index (χ1v) is 7.61. The molecule has 2 atom stereocenters. The molecule has 0 aromatic carbocycles. The molecule has 1 fully saturated rings. The molecule has 2 rings (SSSR count). The quantitative estimate of drug-likeness (QED) is 0.893. The first-order chi connectivity index (χ1) is 8.65. The minimum atomic E-state index is 0. The molecule has 3 nitrogen and oxygen atoms in total. The minimum Gasteiger partial charge on any atom is -0.351 e. The summed E-state index contributed by atoms with van der Waals surface area (Å²) in [7, 11) is 0. The maximum Gasteiger partial charge on any atom is 0.220 e. The molecule has 108 valence electrons. The van der Waals surface area contributed by atoms with Gasteiger partial charge in [0.15, 0.2) is 0 Å². The maximum absolute atomic E-state index is 11.8. The van der Waals surface area contributed by atoms with Crippen molar-refractivity contribution in [2.45, 2.75) is 44.7 Å². The highest BCUT2D eigenvalue weighted by Crippen LogP contribution is 2.25. The summed E-state index contributed by atoms with van der Waals surface area (Å²) in [5, 5.41) is 2.94. The van der Waals surface area contributed by atoms with E-state index in [1.54, 1.807) is 0 Å². The van der Waals surface area contributed by atoms with Crippen LogP contribution in [0.25, 0.3) is 0 Å². The first-order valence-electron chi connectivity index (χ1n) is 6.41. The van der Waals surface area contributed by atoms with Crippen molar-refractivity contribution in [1.82, 2.24) is 5.32 Å². The summed E-state index contributed by atoms with van der Waals surface area (Å²) in [5.41, 5.74) is 6.04. The van der Waals surface area contributed by atoms with E-state index in [-0.39, 0.29) is 24.4 Å². The van der Waals surface area contributed by atoms with E-state index >= 15 is 0 Å². The molecule has 19 heavy (non-hydrogen) atoms. The highest BCUT2D eigenvalue weighted by molar-refractivity contribution is 7.16. The number of nitrogens with one attached hydrogen (secondary N) is 1. The Bertz CT molecular complexity index is 411. The number of halogens is 2. The van der Waals surface area contributed by atoms with Gasteiger partial charge >= 0.3 is 0 Å². The lowest BCUT2D eigenvalue weighted by Gasteiger charge is -2.27. The minimum absolute atomic E-state index is 0. The van der Waals surface area contributed by atoms with Gasteiger partial charge in [0.25, 0.3) is 0 Å². The fourth-order valence-electron chi connectivity index (χ4n) is 2.43. The summed E-state index contributed by atoms with van der Waals surface area (Å²) in [4.78, 5) is 12.9. The Hall–Kier alpha value is -0.290. The van der Waals surface area contributed by atoms with Crippen LogP contribution in [0.3, 0.4) is 0 Å². The third kappa shape index (κ3) is 5.30. The van der Waals surface area contributed by atoms with Crippen LogP contribution in [0.2, 0.25) is 4.34 Å². The van der Waals surface area contributed by atoms with Gasteiger partial charge in [0, 0.05) is 17.3 Å². The van der Waals surface area contributed by atoms with Crippen LogP contribution in [0.4, 0.5) is 0 Å². The predicted molar refractivity (Wildman–Crippen MR) is 83.0 cm³/mol. The maximum atomic E-state index is 11.8. The molecular formula is C13H20Cl2N2OS.